The zero-order valence-electron chi connectivity index (χ0n) is 11.4. The minimum absolute atomic E-state index is 0.544. The van der Waals surface area contributed by atoms with Crippen LogP contribution in [0.4, 0.5) is 0 Å². The molecule has 20 heavy (non-hydrogen) atoms. The number of nitrogens with one attached hydrogen (secondary N) is 1. The predicted molar refractivity (Wildman–Crippen MR) is 93.0 cm³/mol. The topological polar surface area (TPSA) is 12.0 Å². The van der Waals surface area contributed by atoms with Crippen molar-refractivity contribution in [3.63, 3.8) is 0 Å². The van der Waals surface area contributed by atoms with Crippen LogP contribution in [0.25, 0.3) is 0 Å². The van der Waals surface area contributed by atoms with Gasteiger partial charge in [0.25, 0.3) is 0 Å². The number of halogens is 1. The summed E-state index contributed by atoms with van der Waals surface area (Å²) in [6, 6.07) is 11.6. The Morgan fingerprint density at radius 3 is 2.95 bits per heavy atom. The van der Waals surface area contributed by atoms with Crippen LogP contribution in [0.1, 0.15) is 17.4 Å². The summed E-state index contributed by atoms with van der Waals surface area (Å²) in [6.45, 7) is 3.23. The summed E-state index contributed by atoms with van der Waals surface area (Å²) in [5, 5.41) is 6.51. The molecule has 2 atom stereocenters. The SMILES string of the molecule is CCNC(Cc1cc(Br)cs1)C1Cc2ccccc2S1. The standard InChI is InChI=1S/C16H18BrNS2/c1-2-18-14(9-13-8-12(17)10-19-13)16-7-11-5-3-4-6-15(11)20-16/h3-6,8,10,14,16,18H,2,7,9H2,1H3. The maximum atomic E-state index is 3.69. The Labute approximate surface area is 137 Å². The average molecular weight is 368 g/mol. The van der Waals surface area contributed by atoms with Gasteiger partial charge in [-0.1, -0.05) is 25.1 Å². The quantitative estimate of drug-likeness (QED) is 0.818. The molecule has 4 heteroatoms. The van der Waals surface area contributed by atoms with E-state index in [1.165, 1.54) is 26.2 Å². The lowest BCUT2D eigenvalue weighted by molar-refractivity contribution is 0.508. The number of likely N-dealkylation sites (N-methyl/N-ethyl adjacent to an activating group) is 1. The second-order valence-corrected chi connectivity index (χ2v) is 8.26. The molecule has 2 aromatic rings. The first-order valence-corrected chi connectivity index (χ1v) is 9.52. The Balaban J connectivity index is 1.72. The third-order valence-electron chi connectivity index (χ3n) is 3.63. The maximum Gasteiger partial charge on any atom is 0.0292 e. The van der Waals surface area contributed by atoms with Crippen molar-refractivity contribution in [1.29, 1.82) is 0 Å². The zero-order chi connectivity index (χ0) is 13.9. The van der Waals surface area contributed by atoms with Gasteiger partial charge in [-0.3, -0.25) is 0 Å². The monoisotopic (exact) mass is 367 g/mol. The Kier molecular flexibility index (Phi) is 4.87. The Hall–Kier alpha value is -0.290. The molecule has 1 aromatic carbocycles. The summed E-state index contributed by atoms with van der Waals surface area (Å²) in [6.07, 6.45) is 2.31. The van der Waals surface area contributed by atoms with Crippen LogP contribution in [0.15, 0.2) is 45.1 Å². The fourth-order valence-electron chi connectivity index (χ4n) is 2.71. The first-order valence-electron chi connectivity index (χ1n) is 6.97. The summed E-state index contributed by atoms with van der Waals surface area (Å²) in [4.78, 5) is 2.92. The second-order valence-electron chi connectivity index (χ2n) is 5.07. The van der Waals surface area contributed by atoms with Gasteiger partial charge in [-0.25, -0.2) is 0 Å². The number of fused-ring (bicyclic) bond motifs is 1. The van der Waals surface area contributed by atoms with E-state index in [1.54, 1.807) is 0 Å². The summed E-state index contributed by atoms with van der Waals surface area (Å²) in [7, 11) is 0. The van der Waals surface area contributed by atoms with Gasteiger partial charge in [-0.05, 0) is 53.0 Å². The van der Waals surface area contributed by atoms with Crippen LogP contribution in [-0.2, 0) is 12.8 Å². The van der Waals surface area contributed by atoms with E-state index >= 15 is 0 Å². The van der Waals surface area contributed by atoms with Crippen LogP contribution < -0.4 is 5.32 Å². The molecule has 0 saturated carbocycles. The third kappa shape index (κ3) is 3.30. The lowest BCUT2D eigenvalue weighted by atomic mass is 10.0. The zero-order valence-corrected chi connectivity index (χ0v) is 14.7. The minimum atomic E-state index is 0.544. The van der Waals surface area contributed by atoms with Gasteiger partial charge in [0.2, 0.25) is 0 Å². The molecule has 3 rings (SSSR count). The van der Waals surface area contributed by atoms with E-state index < -0.39 is 0 Å². The molecule has 0 spiro atoms. The molecule has 0 bridgehead atoms. The van der Waals surface area contributed by atoms with Crippen LogP contribution in [0.3, 0.4) is 0 Å². The van der Waals surface area contributed by atoms with Gasteiger partial charge in [0.05, 0.1) is 0 Å². The lowest BCUT2D eigenvalue weighted by Gasteiger charge is -2.23. The molecule has 1 aliphatic heterocycles. The van der Waals surface area contributed by atoms with Gasteiger partial charge >= 0.3 is 0 Å². The molecule has 0 aliphatic carbocycles. The second kappa shape index (κ2) is 6.65. The highest BCUT2D eigenvalue weighted by Gasteiger charge is 2.29. The third-order valence-corrected chi connectivity index (χ3v) is 6.80. The molecule has 0 saturated heterocycles. The first-order chi connectivity index (χ1) is 9.76. The molecule has 1 aliphatic rings. The molecule has 0 fully saturated rings. The van der Waals surface area contributed by atoms with Crippen molar-refractivity contribution in [1.82, 2.24) is 5.32 Å². The number of hydrogen-bond acceptors (Lipinski definition) is 3. The van der Waals surface area contributed by atoms with E-state index in [9.17, 15) is 0 Å². The summed E-state index contributed by atoms with van der Waals surface area (Å²) in [5.74, 6) is 0. The van der Waals surface area contributed by atoms with E-state index in [1.807, 2.05) is 23.1 Å². The summed E-state index contributed by atoms with van der Waals surface area (Å²) >= 11 is 7.44. The molecular weight excluding hydrogens is 350 g/mol. The Morgan fingerprint density at radius 2 is 2.25 bits per heavy atom. The molecule has 2 unspecified atom stereocenters. The molecule has 106 valence electrons. The predicted octanol–water partition coefficient (Wildman–Crippen LogP) is 4.75. The van der Waals surface area contributed by atoms with Gasteiger partial charge in [0.15, 0.2) is 0 Å². The van der Waals surface area contributed by atoms with Crippen molar-refractivity contribution in [2.24, 2.45) is 0 Å². The number of hydrogen-bond donors (Lipinski definition) is 1. The lowest BCUT2D eigenvalue weighted by Crippen LogP contribution is -2.39. The first kappa shape index (κ1) is 14.6. The molecule has 1 aromatic heterocycles. The van der Waals surface area contributed by atoms with Gasteiger partial charge < -0.3 is 5.32 Å². The number of benzene rings is 1. The van der Waals surface area contributed by atoms with Crippen molar-refractivity contribution >= 4 is 39.0 Å². The van der Waals surface area contributed by atoms with E-state index in [4.69, 9.17) is 0 Å². The van der Waals surface area contributed by atoms with Crippen LogP contribution in [0, 0.1) is 0 Å². The van der Waals surface area contributed by atoms with E-state index in [2.05, 4.69) is 63.9 Å². The van der Waals surface area contributed by atoms with Crippen molar-refractivity contribution in [2.45, 2.75) is 36.0 Å². The summed E-state index contributed by atoms with van der Waals surface area (Å²) in [5.41, 5.74) is 1.51. The minimum Gasteiger partial charge on any atom is -0.313 e. The number of thioether (sulfide) groups is 1. The van der Waals surface area contributed by atoms with Crippen molar-refractivity contribution in [3.8, 4) is 0 Å². The molecule has 0 radical (unpaired) electrons. The van der Waals surface area contributed by atoms with E-state index in [0.29, 0.717) is 11.3 Å². The summed E-state index contributed by atoms with van der Waals surface area (Å²) < 4.78 is 1.20. The highest BCUT2D eigenvalue weighted by atomic mass is 79.9. The highest BCUT2D eigenvalue weighted by molar-refractivity contribution is 9.10. The fourth-order valence-corrected chi connectivity index (χ4v) is 5.62. The largest absolute Gasteiger partial charge is 0.313 e. The number of rotatable bonds is 5. The maximum absolute atomic E-state index is 3.69. The van der Waals surface area contributed by atoms with Gasteiger partial charge in [0.1, 0.15) is 0 Å². The van der Waals surface area contributed by atoms with Gasteiger partial charge in [-0.2, -0.15) is 0 Å². The molecule has 1 nitrogen and oxygen atoms in total. The number of thiophene rings is 1. The van der Waals surface area contributed by atoms with Crippen molar-refractivity contribution in [3.05, 3.63) is 50.6 Å². The van der Waals surface area contributed by atoms with Crippen LogP contribution >= 0.6 is 39.0 Å². The average Bonchev–Trinajstić information content (AvgIpc) is 3.04. The van der Waals surface area contributed by atoms with Crippen molar-refractivity contribution in [2.75, 3.05) is 6.54 Å². The highest BCUT2D eigenvalue weighted by Crippen LogP contribution is 2.39. The normalized spacial score (nSPS) is 19.0. The van der Waals surface area contributed by atoms with E-state index in [-0.39, 0.29) is 0 Å². The van der Waals surface area contributed by atoms with Crippen LogP contribution in [0.2, 0.25) is 0 Å². The van der Waals surface area contributed by atoms with E-state index in [0.717, 1.165) is 13.0 Å². The Morgan fingerprint density at radius 1 is 1.40 bits per heavy atom. The molecule has 0 amide bonds. The van der Waals surface area contributed by atoms with Crippen LogP contribution in [-0.4, -0.2) is 17.8 Å². The van der Waals surface area contributed by atoms with Crippen LogP contribution in [0.5, 0.6) is 0 Å². The molecular formula is C16H18BrNS2. The van der Waals surface area contributed by atoms with Crippen molar-refractivity contribution < 1.29 is 0 Å². The van der Waals surface area contributed by atoms with Gasteiger partial charge in [-0.15, -0.1) is 23.1 Å². The fraction of sp³-hybridized carbons (Fsp3) is 0.375. The van der Waals surface area contributed by atoms with Gasteiger partial charge in [0, 0.05) is 30.9 Å². The molecule has 2 heterocycles. The molecule has 1 N–H and O–H groups in total. The smallest absolute Gasteiger partial charge is 0.0292 e. The Bertz CT molecular complexity index is 556.